The van der Waals surface area contributed by atoms with Crippen LogP contribution in [0.15, 0.2) is 52.4 Å². The fraction of sp³-hybridized carbons (Fsp3) is 0.333. The summed E-state index contributed by atoms with van der Waals surface area (Å²) in [6, 6.07) is 11.4. The average molecular weight is 468 g/mol. The number of fused-ring (bicyclic) bond motifs is 3. The van der Waals surface area contributed by atoms with Crippen molar-refractivity contribution in [2.75, 3.05) is 6.54 Å². The van der Waals surface area contributed by atoms with E-state index in [4.69, 9.17) is 0 Å². The number of aryl methyl sites for hydroxylation is 1. The Labute approximate surface area is 195 Å². The molecule has 7 nitrogen and oxygen atoms in total. The van der Waals surface area contributed by atoms with Crippen LogP contribution in [0.1, 0.15) is 43.1 Å². The van der Waals surface area contributed by atoms with Gasteiger partial charge in [0.2, 0.25) is 5.78 Å². The topological polar surface area (TPSA) is 81.3 Å². The smallest absolute Gasteiger partial charge is 0.262 e. The molecule has 4 aromatic rings. The maximum Gasteiger partial charge on any atom is 0.262 e. The minimum atomic E-state index is -0.283. The highest BCUT2D eigenvalue weighted by Crippen LogP contribution is 2.25. The Morgan fingerprint density at radius 3 is 2.61 bits per heavy atom. The first kappa shape index (κ1) is 23.0. The van der Waals surface area contributed by atoms with Crippen LogP contribution in [0, 0.1) is 11.7 Å². The summed E-state index contributed by atoms with van der Waals surface area (Å²) in [6.45, 7) is 7.13. The Kier molecular flexibility index (Phi) is 6.78. The Morgan fingerprint density at radius 1 is 1.15 bits per heavy atom. The molecule has 2 aromatic heterocycles. The molecule has 0 fully saturated rings. The van der Waals surface area contributed by atoms with Gasteiger partial charge >= 0.3 is 0 Å². The van der Waals surface area contributed by atoms with Gasteiger partial charge in [0.05, 0.1) is 10.9 Å². The van der Waals surface area contributed by atoms with Crippen LogP contribution in [0.2, 0.25) is 0 Å². The number of nitrogens with zero attached hydrogens (tertiary/aromatic N) is 4. The highest BCUT2D eigenvalue weighted by molar-refractivity contribution is 7.98. The van der Waals surface area contributed by atoms with Crippen molar-refractivity contribution in [2.24, 2.45) is 5.92 Å². The lowest BCUT2D eigenvalue weighted by atomic mass is 10.1. The van der Waals surface area contributed by atoms with Gasteiger partial charge in [0, 0.05) is 24.4 Å². The molecule has 2 aromatic carbocycles. The molecular formula is C24H26FN5O2S. The Balaban J connectivity index is 1.81. The SMILES string of the molecule is CCCn1c(=O)c2ccc(C(=O)NCC(C)C)cc2n2c(SCc3ccc(F)cc3)nnc12. The largest absolute Gasteiger partial charge is 0.352 e. The molecule has 0 aliphatic heterocycles. The first-order valence-corrected chi connectivity index (χ1v) is 11.9. The second kappa shape index (κ2) is 9.74. The fourth-order valence-electron chi connectivity index (χ4n) is 3.57. The Bertz CT molecular complexity index is 1360. The molecule has 4 rings (SSSR count). The van der Waals surface area contributed by atoms with E-state index in [9.17, 15) is 14.0 Å². The average Bonchev–Trinajstić information content (AvgIpc) is 3.23. The van der Waals surface area contributed by atoms with Gasteiger partial charge in [-0.25, -0.2) is 4.39 Å². The molecule has 2 heterocycles. The molecule has 0 bridgehead atoms. The number of rotatable bonds is 8. The zero-order chi connectivity index (χ0) is 23.5. The van der Waals surface area contributed by atoms with E-state index in [1.165, 1.54) is 23.9 Å². The van der Waals surface area contributed by atoms with E-state index >= 15 is 0 Å². The van der Waals surface area contributed by atoms with E-state index in [1.54, 1.807) is 34.9 Å². The molecule has 0 aliphatic carbocycles. The van der Waals surface area contributed by atoms with Crippen molar-refractivity contribution in [1.82, 2.24) is 24.5 Å². The summed E-state index contributed by atoms with van der Waals surface area (Å²) in [4.78, 5) is 25.9. The summed E-state index contributed by atoms with van der Waals surface area (Å²) in [5.41, 5.74) is 1.85. The number of nitrogens with one attached hydrogen (secondary N) is 1. The summed E-state index contributed by atoms with van der Waals surface area (Å²) in [5, 5.41) is 12.7. The molecule has 0 aliphatic rings. The quantitative estimate of drug-likeness (QED) is 0.392. The number of benzene rings is 2. The molecular weight excluding hydrogens is 441 g/mol. The molecule has 33 heavy (non-hydrogen) atoms. The van der Waals surface area contributed by atoms with Crippen molar-refractivity contribution < 1.29 is 9.18 Å². The molecule has 9 heteroatoms. The number of carbonyl (C=O) groups excluding carboxylic acids is 1. The molecule has 1 amide bonds. The minimum Gasteiger partial charge on any atom is -0.352 e. The Hall–Kier alpha value is -3.20. The third kappa shape index (κ3) is 4.78. The summed E-state index contributed by atoms with van der Waals surface area (Å²) >= 11 is 1.44. The first-order chi connectivity index (χ1) is 15.9. The zero-order valence-electron chi connectivity index (χ0n) is 18.8. The van der Waals surface area contributed by atoms with Gasteiger partial charge in [0.1, 0.15) is 5.82 Å². The third-order valence-electron chi connectivity index (χ3n) is 5.23. The van der Waals surface area contributed by atoms with Gasteiger partial charge in [-0.05, 0) is 48.2 Å². The molecule has 0 radical (unpaired) electrons. The van der Waals surface area contributed by atoms with E-state index in [1.807, 2.05) is 25.2 Å². The maximum absolute atomic E-state index is 13.2. The van der Waals surface area contributed by atoms with Gasteiger partial charge in [0.15, 0.2) is 5.16 Å². The van der Waals surface area contributed by atoms with Gasteiger partial charge in [-0.1, -0.05) is 44.7 Å². The monoisotopic (exact) mass is 467 g/mol. The van der Waals surface area contributed by atoms with Crippen LogP contribution < -0.4 is 10.9 Å². The van der Waals surface area contributed by atoms with Crippen LogP contribution in [0.25, 0.3) is 16.7 Å². The van der Waals surface area contributed by atoms with Crippen molar-refractivity contribution >= 4 is 34.3 Å². The molecule has 0 atom stereocenters. The van der Waals surface area contributed by atoms with Gasteiger partial charge in [-0.2, -0.15) is 0 Å². The van der Waals surface area contributed by atoms with Gasteiger partial charge in [-0.3, -0.25) is 18.6 Å². The standard InChI is InChI=1S/C24H26FN5O2S/c1-4-11-29-22(32)19-10-7-17(21(31)26-13-15(2)3)12-20(19)30-23(29)27-28-24(30)33-14-16-5-8-18(25)9-6-16/h5-10,12,15H,4,11,13-14H2,1-3H3,(H,26,31). The van der Waals surface area contributed by atoms with Gasteiger partial charge in [0.25, 0.3) is 11.5 Å². The van der Waals surface area contributed by atoms with Crippen LogP contribution in [-0.2, 0) is 12.3 Å². The summed E-state index contributed by atoms with van der Waals surface area (Å²) in [6.07, 6.45) is 0.766. The number of hydrogen-bond donors (Lipinski definition) is 1. The number of amides is 1. The van der Waals surface area contributed by atoms with Gasteiger partial charge < -0.3 is 5.32 Å². The van der Waals surface area contributed by atoms with Crippen molar-refractivity contribution in [3.63, 3.8) is 0 Å². The van der Waals surface area contributed by atoms with E-state index in [0.29, 0.717) is 52.2 Å². The van der Waals surface area contributed by atoms with Gasteiger partial charge in [-0.15, -0.1) is 10.2 Å². The van der Waals surface area contributed by atoms with Crippen LogP contribution >= 0.6 is 11.8 Å². The molecule has 172 valence electrons. The van der Waals surface area contributed by atoms with Crippen LogP contribution in [0.4, 0.5) is 4.39 Å². The second-order valence-electron chi connectivity index (χ2n) is 8.33. The lowest BCUT2D eigenvalue weighted by Gasteiger charge is -2.12. The number of aromatic nitrogens is 4. The van der Waals surface area contributed by atoms with E-state index in [0.717, 1.165) is 12.0 Å². The van der Waals surface area contributed by atoms with Crippen molar-refractivity contribution in [2.45, 2.75) is 44.6 Å². The summed E-state index contributed by atoms with van der Waals surface area (Å²) < 4.78 is 16.7. The normalized spacial score (nSPS) is 11.5. The van der Waals surface area contributed by atoms with Crippen molar-refractivity contribution in [1.29, 1.82) is 0 Å². The zero-order valence-corrected chi connectivity index (χ0v) is 19.7. The van der Waals surface area contributed by atoms with E-state index in [-0.39, 0.29) is 17.3 Å². The highest BCUT2D eigenvalue weighted by atomic mass is 32.2. The van der Waals surface area contributed by atoms with Crippen LogP contribution in [-0.4, -0.2) is 31.6 Å². The van der Waals surface area contributed by atoms with Crippen LogP contribution in [0.3, 0.4) is 0 Å². The number of halogens is 1. The lowest BCUT2D eigenvalue weighted by molar-refractivity contribution is 0.0949. The lowest BCUT2D eigenvalue weighted by Crippen LogP contribution is -2.28. The summed E-state index contributed by atoms with van der Waals surface area (Å²) in [7, 11) is 0. The van der Waals surface area contributed by atoms with Crippen LogP contribution in [0.5, 0.6) is 0 Å². The summed E-state index contributed by atoms with van der Waals surface area (Å²) in [5.74, 6) is 0.856. The number of hydrogen-bond acceptors (Lipinski definition) is 5. The van der Waals surface area contributed by atoms with E-state index in [2.05, 4.69) is 15.5 Å². The van der Waals surface area contributed by atoms with E-state index < -0.39 is 0 Å². The minimum absolute atomic E-state index is 0.157. The number of carbonyl (C=O) groups is 1. The predicted octanol–water partition coefficient (Wildman–Crippen LogP) is 4.27. The fourth-order valence-corrected chi connectivity index (χ4v) is 4.46. The second-order valence-corrected chi connectivity index (χ2v) is 9.27. The molecule has 0 saturated carbocycles. The Morgan fingerprint density at radius 2 is 1.91 bits per heavy atom. The molecule has 0 spiro atoms. The molecule has 0 unspecified atom stereocenters. The third-order valence-corrected chi connectivity index (χ3v) is 6.23. The predicted molar refractivity (Wildman–Crippen MR) is 128 cm³/mol. The van der Waals surface area contributed by atoms with Crippen molar-refractivity contribution in [3.8, 4) is 0 Å². The molecule has 1 N–H and O–H groups in total. The first-order valence-electron chi connectivity index (χ1n) is 11.0. The number of thioether (sulfide) groups is 1. The maximum atomic E-state index is 13.2. The molecule has 0 saturated heterocycles. The van der Waals surface area contributed by atoms with Crippen molar-refractivity contribution in [3.05, 3.63) is 69.8 Å². The highest BCUT2D eigenvalue weighted by Gasteiger charge is 2.18.